The first kappa shape index (κ1) is 15.7. The molecule has 3 amide bonds. The van der Waals surface area contributed by atoms with Crippen molar-refractivity contribution in [3.05, 3.63) is 0 Å². The first-order valence-electron chi connectivity index (χ1n) is 5.36. The van der Waals surface area contributed by atoms with Crippen LogP contribution in [0.15, 0.2) is 0 Å². The second-order valence-electron chi connectivity index (χ2n) is 4.60. The van der Waals surface area contributed by atoms with Crippen molar-refractivity contribution in [3.8, 4) is 0 Å². The molecule has 7 heteroatoms. The third-order valence-electron chi connectivity index (χ3n) is 2.23. The van der Waals surface area contributed by atoms with E-state index in [0.29, 0.717) is 0 Å². The molecule has 0 spiro atoms. The van der Waals surface area contributed by atoms with Gasteiger partial charge < -0.3 is 26.6 Å². The van der Waals surface area contributed by atoms with Gasteiger partial charge in [-0.2, -0.15) is 0 Å². The minimum atomic E-state index is -1.39. The Labute approximate surface area is 100 Å². The maximum absolute atomic E-state index is 11.7. The number of carbonyl (C=O) groups excluding carboxylic acids is 2. The van der Waals surface area contributed by atoms with E-state index >= 15 is 0 Å². The number of hydrogen-bond acceptors (Lipinski definition) is 4. The Hall–Kier alpha value is -1.34. The van der Waals surface area contributed by atoms with Crippen LogP contribution in [0.25, 0.3) is 0 Å². The highest BCUT2D eigenvalue weighted by Gasteiger charge is 2.26. The molecule has 0 saturated carbocycles. The van der Waals surface area contributed by atoms with Crippen molar-refractivity contribution in [1.82, 2.24) is 10.6 Å². The molecule has 0 radical (unpaired) electrons. The Bertz CT molecular complexity index is 279. The molecule has 0 aliphatic carbocycles. The highest BCUT2D eigenvalue weighted by atomic mass is 16.3. The Morgan fingerprint density at radius 3 is 2.29 bits per heavy atom. The fourth-order valence-electron chi connectivity index (χ4n) is 1.13. The monoisotopic (exact) mass is 247 g/mol. The molecular formula is C10H21N3O4. The number of aliphatic hydroxyl groups excluding tert-OH is 1. The lowest BCUT2D eigenvalue weighted by molar-refractivity contribution is -0.125. The minimum absolute atomic E-state index is 0.105. The van der Waals surface area contributed by atoms with E-state index in [9.17, 15) is 14.7 Å². The van der Waals surface area contributed by atoms with Crippen molar-refractivity contribution in [2.24, 2.45) is 11.7 Å². The summed E-state index contributed by atoms with van der Waals surface area (Å²) < 4.78 is 0. The molecule has 0 aliphatic rings. The topological polar surface area (TPSA) is 125 Å². The van der Waals surface area contributed by atoms with Gasteiger partial charge in [-0.15, -0.1) is 0 Å². The Balaban J connectivity index is 4.39. The van der Waals surface area contributed by atoms with E-state index in [1.54, 1.807) is 13.8 Å². The maximum Gasteiger partial charge on any atom is 0.312 e. The van der Waals surface area contributed by atoms with E-state index in [1.807, 2.05) is 0 Å². The highest BCUT2D eigenvalue weighted by Crippen LogP contribution is 2.03. The highest BCUT2D eigenvalue weighted by molar-refractivity contribution is 5.86. The Morgan fingerprint density at radius 1 is 1.41 bits per heavy atom. The first-order valence-corrected chi connectivity index (χ1v) is 5.36. The Morgan fingerprint density at radius 2 is 1.94 bits per heavy atom. The molecule has 0 saturated heterocycles. The third kappa shape index (κ3) is 6.08. The number of carbonyl (C=O) groups is 2. The summed E-state index contributed by atoms with van der Waals surface area (Å²) in [4.78, 5) is 22.4. The number of nitrogens with one attached hydrogen (secondary N) is 2. The van der Waals surface area contributed by atoms with Crippen LogP contribution in [-0.2, 0) is 4.79 Å². The van der Waals surface area contributed by atoms with Gasteiger partial charge in [-0.25, -0.2) is 4.79 Å². The van der Waals surface area contributed by atoms with E-state index in [-0.39, 0.29) is 12.5 Å². The van der Waals surface area contributed by atoms with Gasteiger partial charge in [-0.3, -0.25) is 4.79 Å². The quantitative estimate of drug-likeness (QED) is 0.393. The molecule has 0 aliphatic heterocycles. The summed E-state index contributed by atoms with van der Waals surface area (Å²) in [6.45, 7) is 4.32. The summed E-state index contributed by atoms with van der Waals surface area (Å²) >= 11 is 0. The molecule has 100 valence electrons. The smallest absolute Gasteiger partial charge is 0.312 e. The molecule has 0 aromatic carbocycles. The molecule has 6 N–H and O–H groups in total. The van der Waals surface area contributed by atoms with Gasteiger partial charge in [0, 0.05) is 6.54 Å². The van der Waals surface area contributed by atoms with Crippen LogP contribution in [-0.4, -0.2) is 46.9 Å². The lowest BCUT2D eigenvalue weighted by Gasteiger charge is -2.24. The van der Waals surface area contributed by atoms with Gasteiger partial charge in [0.05, 0.1) is 6.61 Å². The van der Waals surface area contributed by atoms with Crippen LogP contribution in [0.5, 0.6) is 0 Å². The van der Waals surface area contributed by atoms with Crippen LogP contribution < -0.4 is 16.4 Å². The molecule has 0 bridgehead atoms. The summed E-state index contributed by atoms with van der Waals surface area (Å²) in [6.07, 6.45) is 0. The summed E-state index contributed by atoms with van der Waals surface area (Å²) in [7, 11) is 0. The number of hydrogen-bond donors (Lipinski definition) is 5. The minimum Gasteiger partial charge on any atom is -0.393 e. The van der Waals surface area contributed by atoms with Gasteiger partial charge in [0.15, 0.2) is 0 Å². The van der Waals surface area contributed by atoms with Crippen LogP contribution in [0, 0.1) is 5.92 Å². The molecule has 0 rings (SSSR count). The van der Waals surface area contributed by atoms with E-state index in [0.717, 1.165) is 0 Å². The standard InChI is InChI=1S/C10H21N3O4/c1-6(2)7(13-9(11)16)8(15)12-4-10(3,17)5-14/h6-7,14,17H,4-5H2,1-3H3,(H,12,15)(H3,11,13,16). The lowest BCUT2D eigenvalue weighted by atomic mass is 10.0. The number of primary amides is 1. The molecule has 0 aromatic heterocycles. The zero-order valence-corrected chi connectivity index (χ0v) is 10.4. The van der Waals surface area contributed by atoms with Gasteiger partial charge in [-0.05, 0) is 12.8 Å². The van der Waals surface area contributed by atoms with Crippen molar-refractivity contribution in [2.75, 3.05) is 13.2 Å². The van der Waals surface area contributed by atoms with E-state index in [2.05, 4.69) is 10.6 Å². The SMILES string of the molecule is CC(C)C(NC(N)=O)C(=O)NCC(C)(O)CO. The maximum atomic E-state index is 11.7. The largest absolute Gasteiger partial charge is 0.393 e. The zero-order chi connectivity index (χ0) is 13.6. The molecule has 2 atom stereocenters. The van der Waals surface area contributed by atoms with Crippen molar-refractivity contribution in [2.45, 2.75) is 32.4 Å². The second kappa shape index (κ2) is 6.41. The summed E-state index contributed by atoms with van der Waals surface area (Å²) in [5.74, 6) is -0.589. The van der Waals surface area contributed by atoms with Crippen molar-refractivity contribution in [3.63, 3.8) is 0 Å². The van der Waals surface area contributed by atoms with Crippen LogP contribution in [0.1, 0.15) is 20.8 Å². The first-order chi connectivity index (χ1) is 7.69. The van der Waals surface area contributed by atoms with Gasteiger partial charge in [0.1, 0.15) is 11.6 Å². The van der Waals surface area contributed by atoms with E-state index in [4.69, 9.17) is 10.8 Å². The number of urea groups is 1. The fraction of sp³-hybridized carbons (Fsp3) is 0.800. The Kier molecular flexibility index (Phi) is 5.90. The van der Waals surface area contributed by atoms with Crippen LogP contribution in [0.3, 0.4) is 0 Å². The van der Waals surface area contributed by atoms with Gasteiger partial charge in [0.25, 0.3) is 0 Å². The molecule has 0 fully saturated rings. The van der Waals surface area contributed by atoms with Gasteiger partial charge in [-0.1, -0.05) is 13.8 Å². The van der Waals surface area contributed by atoms with E-state index in [1.165, 1.54) is 6.92 Å². The number of nitrogens with two attached hydrogens (primary N) is 1. The van der Waals surface area contributed by atoms with Gasteiger partial charge in [0.2, 0.25) is 5.91 Å². The molecular weight excluding hydrogens is 226 g/mol. The number of aliphatic hydroxyl groups is 2. The lowest BCUT2D eigenvalue weighted by Crippen LogP contribution is -2.54. The number of amides is 3. The predicted octanol–water partition coefficient (Wildman–Crippen LogP) is -1.46. The van der Waals surface area contributed by atoms with Crippen LogP contribution in [0.4, 0.5) is 4.79 Å². The predicted molar refractivity (Wildman–Crippen MR) is 62.1 cm³/mol. The fourth-order valence-corrected chi connectivity index (χ4v) is 1.13. The van der Waals surface area contributed by atoms with Gasteiger partial charge >= 0.3 is 6.03 Å². The average Bonchev–Trinajstić information content (AvgIpc) is 2.22. The van der Waals surface area contributed by atoms with E-state index < -0.39 is 30.2 Å². The summed E-state index contributed by atoms with van der Waals surface area (Å²) in [5, 5.41) is 23.1. The van der Waals surface area contributed by atoms with Crippen molar-refractivity contribution >= 4 is 11.9 Å². The average molecular weight is 247 g/mol. The molecule has 0 aromatic rings. The molecule has 17 heavy (non-hydrogen) atoms. The van der Waals surface area contributed by atoms with Crippen molar-refractivity contribution in [1.29, 1.82) is 0 Å². The number of rotatable bonds is 6. The molecule has 2 unspecified atom stereocenters. The third-order valence-corrected chi connectivity index (χ3v) is 2.23. The zero-order valence-electron chi connectivity index (χ0n) is 10.4. The summed E-state index contributed by atoms with van der Waals surface area (Å²) in [5.41, 5.74) is 3.57. The van der Waals surface area contributed by atoms with Crippen LogP contribution >= 0.6 is 0 Å². The van der Waals surface area contributed by atoms with Crippen LogP contribution in [0.2, 0.25) is 0 Å². The molecule has 7 nitrogen and oxygen atoms in total. The second-order valence-corrected chi connectivity index (χ2v) is 4.60. The normalized spacial score (nSPS) is 16.1. The molecule has 0 heterocycles. The van der Waals surface area contributed by atoms with Crippen molar-refractivity contribution < 1.29 is 19.8 Å². The summed E-state index contributed by atoms with van der Waals surface area (Å²) in [6, 6.07) is -1.55.